The highest BCUT2D eigenvalue weighted by Gasteiger charge is 2.37. The lowest BCUT2D eigenvalue weighted by atomic mass is 10.1. The van der Waals surface area contributed by atoms with Crippen molar-refractivity contribution in [3.8, 4) is 0 Å². The van der Waals surface area contributed by atoms with E-state index in [2.05, 4.69) is 12.2 Å². The molecular formula is C11H20N2O3. The van der Waals surface area contributed by atoms with E-state index in [-0.39, 0.29) is 6.03 Å². The van der Waals surface area contributed by atoms with Crippen LogP contribution in [0.15, 0.2) is 0 Å². The van der Waals surface area contributed by atoms with Gasteiger partial charge in [-0.05, 0) is 32.1 Å². The molecule has 0 aromatic rings. The van der Waals surface area contributed by atoms with Gasteiger partial charge in [0.15, 0.2) is 0 Å². The Kier molecular flexibility index (Phi) is 3.45. The van der Waals surface area contributed by atoms with Gasteiger partial charge in [-0.1, -0.05) is 6.92 Å². The molecular weight excluding hydrogens is 208 g/mol. The fourth-order valence-electron chi connectivity index (χ4n) is 1.42. The number of hydrogen-bond donors (Lipinski definition) is 2. The predicted molar refractivity (Wildman–Crippen MR) is 60.1 cm³/mol. The van der Waals surface area contributed by atoms with Crippen LogP contribution in [-0.4, -0.2) is 41.1 Å². The van der Waals surface area contributed by atoms with Crippen LogP contribution >= 0.6 is 0 Å². The number of carboxylic acids is 1. The van der Waals surface area contributed by atoms with Gasteiger partial charge in [0.05, 0.1) is 0 Å². The molecule has 0 bridgehead atoms. The zero-order valence-corrected chi connectivity index (χ0v) is 10.3. The van der Waals surface area contributed by atoms with E-state index in [1.54, 1.807) is 0 Å². The molecule has 1 fully saturated rings. The lowest BCUT2D eigenvalue weighted by molar-refractivity contribution is -0.146. The standard InChI is InChI=1S/C11H20N2O3/c1-7-5-8(7)6-12-10(16)13(4)11(2,3)9(14)15/h7-8H,5-6H2,1-4H3,(H,12,16)(H,14,15). The highest BCUT2D eigenvalue weighted by atomic mass is 16.4. The molecule has 1 aliphatic rings. The SMILES string of the molecule is CC1CC1CNC(=O)N(C)C(C)(C)C(=O)O. The number of likely N-dealkylation sites (N-methyl/N-ethyl adjacent to an activating group) is 1. The summed E-state index contributed by atoms with van der Waals surface area (Å²) in [5.74, 6) is 0.230. The van der Waals surface area contributed by atoms with E-state index in [1.807, 2.05) is 0 Å². The van der Waals surface area contributed by atoms with Crippen molar-refractivity contribution < 1.29 is 14.7 Å². The van der Waals surface area contributed by atoms with E-state index < -0.39 is 11.5 Å². The van der Waals surface area contributed by atoms with Crippen LogP contribution in [0.2, 0.25) is 0 Å². The van der Waals surface area contributed by atoms with Crippen LogP contribution in [0.3, 0.4) is 0 Å². The average Bonchev–Trinajstić information content (AvgIpc) is 2.89. The second-order valence-corrected chi connectivity index (χ2v) is 5.08. The Balaban J connectivity index is 2.43. The molecule has 92 valence electrons. The topological polar surface area (TPSA) is 69.6 Å². The first-order valence-electron chi connectivity index (χ1n) is 5.52. The van der Waals surface area contributed by atoms with Crippen LogP contribution in [0.4, 0.5) is 4.79 Å². The maximum Gasteiger partial charge on any atom is 0.329 e. The van der Waals surface area contributed by atoms with Crippen molar-refractivity contribution in [3.63, 3.8) is 0 Å². The fraction of sp³-hybridized carbons (Fsp3) is 0.818. The molecule has 2 amide bonds. The van der Waals surface area contributed by atoms with Gasteiger partial charge in [-0.2, -0.15) is 0 Å². The van der Waals surface area contributed by atoms with Crippen LogP contribution < -0.4 is 5.32 Å². The zero-order chi connectivity index (χ0) is 12.5. The number of carboxylic acid groups (broad SMARTS) is 1. The van der Waals surface area contributed by atoms with Gasteiger partial charge in [-0.25, -0.2) is 9.59 Å². The third-order valence-electron chi connectivity index (χ3n) is 3.46. The molecule has 2 unspecified atom stereocenters. The molecule has 0 aromatic carbocycles. The summed E-state index contributed by atoms with van der Waals surface area (Å²) >= 11 is 0. The van der Waals surface area contributed by atoms with E-state index in [0.29, 0.717) is 18.4 Å². The first kappa shape index (κ1) is 12.8. The summed E-state index contributed by atoms with van der Waals surface area (Å²) in [7, 11) is 1.50. The minimum absolute atomic E-state index is 0.327. The molecule has 1 rings (SSSR count). The van der Waals surface area contributed by atoms with Crippen LogP contribution in [0, 0.1) is 11.8 Å². The smallest absolute Gasteiger partial charge is 0.329 e. The number of carbonyl (C=O) groups excluding carboxylic acids is 1. The van der Waals surface area contributed by atoms with Gasteiger partial charge in [-0.15, -0.1) is 0 Å². The Morgan fingerprint density at radius 3 is 2.38 bits per heavy atom. The molecule has 16 heavy (non-hydrogen) atoms. The van der Waals surface area contributed by atoms with E-state index in [0.717, 1.165) is 6.42 Å². The third kappa shape index (κ3) is 2.65. The highest BCUT2D eigenvalue weighted by Crippen LogP contribution is 2.36. The number of nitrogens with zero attached hydrogens (tertiary/aromatic N) is 1. The number of aliphatic carboxylic acids is 1. The molecule has 2 atom stereocenters. The molecule has 0 aliphatic heterocycles. The Bertz CT molecular complexity index is 302. The van der Waals surface area contributed by atoms with Gasteiger partial charge in [0.1, 0.15) is 5.54 Å². The van der Waals surface area contributed by atoms with Crippen molar-refractivity contribution >= 4 is 12.0 Å². The van der Waals surface area contributed by atoms with Gasteiger partial charge >= 0.3 is 12.0 Å². The summed E-state index contributed by atoms with van der Waals surface area (Å²) in [6.45, 7) is 5.80. The zero-order valence-electron chi connectivity index (χ0n) is 10.3. The molecule has 5 heteroatoms. The van der Waals surface area contributed by atoms with Crippen LogP contribution in [0.25, 0.3) is 0 Å². The first-order chi connectivity index (χ1) is 7.26. The van der Waals surface area contributed by atoms with Gasteiger partial charge in [0, 0.05) is 13.6 Å². The maximum atomic E-state index is 11.7. The highest BCUT2D eigenvalue weighted by molar-refractivity contribution is 5.85. The number of carbonyl (C=O) groups is 2. The average molecular weight is 228 g/mol. The third-order valence-corrected chi connectivity index (χ3v) is 3.46. The lowest BCUT2D eigenvalue weighted by Gasteiger charge is -2.31. The van der Waals surface area contributed by atoms with Gasteiger partial charge in [0.2, 0.25) is 0 Å². The molecule has 5 nitrogen and oxygen atoms in total. The van der Waals surface area contributed by atoms with Crippen molar-refractivity contribution in [2.45, 2.75) is 32.7 Å². The maximum absolute atomic E-state index is 11.7. The monoisotopic (exact) mass is 228 g/mol. The molecule has 0 spiro atoms. The van der Waals surface area contributed by atoms with Gasteiger partial charge < -0.3 is 15.3 Å². The molecule has 0 radical (unpaired) electrons. The normalized spacial score (nSPS) is 23.8. The van der Waals surface area contributed by atoms with Crippen molar-refractivity contribution in [1.29, 1.82) is 0 Å². The quantitative estimate of drug-likeness (QED) is 0.758. The fourth-order valence-corrected chi connectivity index (χ4v) is 1.42. The number of rotatable bonds is 4. The summed E-state index contributed by atoms with van der Waals surface area (Å²) in [6, 6.07) is -0.327. The molecule has 1 aliphatic carbocycles. The van der Waals surface area contributed by atoms with Crippen LogP contribution in [0.5, 0.6) is 0 Å². The van der Waals surface area contributed by atoms with Crippen molar-refractivity contribution in [1.82, 2.24) is 10.2 Å². The Labute approximate surface area is 95.8 Å². The minimum Gasteiger partial charge on any atom is -0.480 e. The van der Waals surface area contributed by atoms with E-state index in [9.17, 15) is 9.59 Å². The summed E-state index contributed by atoms with van der Waals surface area (Å²) in [5, 5.41) is 11.7. The second kappa shape index (κ2) is 4.31. The molecule has 0 saturated heterocycles. The molecule has 0 heterocycles. The number of hydrogen-bond acceptors (Lipinski definition) is 2. The van der Waals surface area contributed by atoms with Crippen molar-refractivity contribution in [3.05, 3.63) is 0 Å². The summed E-state index contributed by atoms with van der Waals surface area (Å²) in [4.78, 5) is 23.9. The Morgan fingerprint density at radius 2 is 2.00 bits per heavy atom. The summed E-state index contributed by atoms with van der Waals surface area (Å²) < 4.78 is 0. The van der Waals surface area contributed by atoms with E-state index in [1.165, 1.54) is 25.8 Å². The summed E-state index contributed by atoms with van der Waals surface area (Å²) in [6.07, 6.45) is 1.15. The van der Waals surface area contributed by atoms with Gasteiger partial charge in [-0.3, -0.25) is 0 Å². The van der Waals surface area contributed by atoms with Crippen LogP contribution in [-0.2, 0) is 4.79 Å². The van der Waals surface area contributed by atoms with Crippen LogP contribution in [0.1, 0.15) is 27.2 Å². The van der Waals surface area contributed by atoms with Crippen molar-refractivity contribution in [2.24, 2.45) is 11.8 Å². The molecule has 2 N–H and O–H groups in total. The largest absolute Gasteiger partial charge is 0.480 e. The Hall–Kier alpha value is -1.26. The second-order valence-electron chi connectivity index (χ2n) is 5.08. The molecule has 0 aromatic heterocycles. The lowest BCUT2D eigenvalue weighted by Crippen LogP contribution is -2.54. The van der Waals surface area contributed by atoms with Gasteiger partial charge in [0.25, 0.3) is 0 Å². The number of amides is 2. The summed E-state index contributed by atoms with van der Waals surface area (Å²) in [5.41, 5.74) is -1.18. The van der Waals surface area contributed by atoms with E-state index >= 15 is 0 Å². The number of nitrogens with one attached hydrogen (secondary N) is 1. The van der Waals surface area contributed by atoms with Crippen molar-refractivity contribution in [2.75, 3.05) is 13.6 Å². The van der Waals surface area contributed by atoms with E-state index in [4.69, 9.17) is 5.11 Å². The number of urea groups is 1. The molecule has 1 saturated carbocycles. The predicted octanol–water partition coefficient (Wildman–Crippen LogP) is 1.15. The Morgan fingerprint density at radius 1 is 1.50 bits per heavy atom. The minimum atomic E-state index is -1.18. The first-order valence-corrected chi connectivity index (χ1v) is 5.52.